The molecule has 1 saturated heterocycles. The zero-order valence-corrected chi connectivity index (χ0v) is 25.1. The van der Waals surface area contributed by atoms with Gasteiger partial charge < -0.3 is 35.3 Å². The molecule has 2 aliphatic rings. The molecule has 14 heteroatoms. The molecule has 4 heterocycles. The monoisotopic (exact) mass is 608 g/mol. The average molecular weight is 609 g/mol. The zero-order chi connectivity index (χ0) is 30.8. The summed E-state index contributed by atoms with van der Waals surface area (Å²) in [5, 5.41) is 32.3. The number of anilines is 2. The van der Waals surface area contributed by atoms with Crippen LogP contribution in [0, 0.1) is 12.3 Å². The SMILES string of the molecule is CNC[C@@H](O)COc1ccc(Cl)c(-c2nc(/C(C(C)=N)=C(\C)O)c(C)c(N3Cc4cnc(N5CCOC5=O)nc4C3)n2)c1. The Bertz CT molecular complexity index is 1610. The number of aliphatic hydroxyl groups is 2. The van der Waals surface area contributed by atoms with Crippen molar-refractivity contribution in [1.29, 1.82) is 5.41 Å². The van der Waals surface area contributed by atoms with Crippen LogP contribution in [0.4, 0.5) is 16.6 Å². The number of ether oxygens (including phenoxy) is 2. The van der Waals surface area contributed by atoms with E-state index < -0.39 is 12.2 Å². The number of nitrogens with one attached hydrogen (secondary N) is 2. The predicted molar refractivity (Wildman–Crippen MR) is 162 cm³/mol. The number of carbonyl (C=O) groups is 1. The number of rotatable bonds is 10. The van der Waals surface area contributed by atoms with Crippen molar-refractivity contribution in [3.8, 4) is 17.1 Å². The molecule has 1 fully saturated rings. The quantitative estimate of drug-likeness (QED) is 0.196. The first-order chi connectivity index (χ1) is 20.6. The number of hydrogen-bond acceptors (Lipinski definition) is 12. The van der Waals surface area contributed by atoms with Gasteiger partial charge in [-0.1, -0.05) is 11.6 Å². The molecule has 1 aromatic carbocycles. The second kappa shape index (κ2) is 12.5. The molecule has 3 aromatic rings. The lowest BCUT2D eigenvalue weighted by atomic mass is 10.0. The molecule has 0 aliphatic carbocycles. The van der Waals surface area contributed by atoms with Crippen LogP contribution < -0.4 is 19.9 Å². The number of allylic oxidation sites excluding steroid dienone is 2. The molecule has 226 valence electrons. The summed E-state index contributed by atoms with van der Waals surface area (Å²) in [5.41, 5.74) is 3.57. The molecule has 4 N–H and O–H groups in total. The number of halogens is 1. The Morgan fingerprint density at radius 2 is 2.05 bits per heavy atom. The van der Waals surface area contributed by atoms with Gasteiger partial charge in [0.2, 0.25) is 5.95 Å². The van der Waals surface area contributed by atoms with Crippen LogP contribution >= 0.6 is 11.6 Å². The third-order valence-electron chi connectivity index (χ3n) is 7.10. The molecular formula is C29H33ClN8O5. The van der Waals surface area contributed by atoms with E-state index in [2.05, 4.69) is 15.3 Å². The summed E-state index contributed by atoms with van der Waals surface area (Å²) in [6, 6.07) is 5.06. The number of carbonyl (C=O) groups excluding carboxylic acids is 1. The second-order valence-electron chi connectivity index (χ2n) is 10.4. The molecule has 1 amide bonds. The maximum atomic E-state index is 12.1. The summed E-state index contributed by atoms with van der Waals surface area (Å²) in [5.74, 6) is 1.53. The fourth-order valence-corrected chi connectivity index (χ4v) is 5.25. The molecule has 1 atom stereocenters. The number of fused-ring (bicyclic) bond motifs is 1. The number of amides is 1. The summed E-state index contributed by atoms with van der Waals surface area (Å²) in [4.78, 5) is 34.2. The molecule has 0 bridgehead atoms. The fraction of sp³-hybridized carbons (Fsp3) is 0.379. The lowest BCUT2D eigenvalue weighted by Gasteiger charge is -2.22. The van der Waals surface area contributed by atoms with Crippen molar-refractivity contribution in [2.75, 3.05) is 43.2 Å². The van der Waals surface area contributed by atoms with Gasteiger partial charge in [-0.15, -0.1) is 0 Å². The van der Waals surface area contributed by atoms with Crippen LogP contribution in [0.15, 0.2) is 30.2 Å². The van der Waals surface area contributed by atoms with Gasteiger partial charge in [0.15, 0.2) is 5.82 Å². The lowest BCUT2D eigenvalue weighted by Crippen LogP contribution is -2.29. The van der Waals surface area contributed by atoms with Crippen molar-refractivity contribution in [2.45, 2.75) is 40.0 Å². The molecular weight excluding hydrogens is 576 g/mol. The number of aliphatic hydroxyl groups excluding tert-OH is 2. The van der Waals surface area contributed by atoms with Crippen LogP contribution in [0.1, 0.15) is 36.4 Å². The standard InChI is InChI=1S/C29H33ClN8O5/c1-15-25(24(16(2)31)17(3)39)35-26(21-9-20(5-6-22(21)30)43-14-19(40)11-32-4)36-27(15)37-12-18-10-33-28(34-23(18)13-37)38-7-8-42-29(38)41/h5-6,9-10,19,31-32,39-40H,7-8,11-14H2,1-4H3/b24-17+,31-16?/t19-/m1/s1. The molecule has 13 nitrogen and oxygen atoms in total. The predicted octanol–water partition coefficient (Wildman–Crippen LogP) is 3.66. The first kappa shape index (κ1) is 30.1. The largest absolute Gasteiger partial charge is 0.512 e. The Hall–Kier alpha value is -4.33. The molecule has 2 aromatic heterocycles. The molecule has 43 heavy (non-hydrogen) atoms. The smallest absolute Gasteiger partial charge is 0.416 e. The van der Waals surface area contributed by atoms with Gasteiger partial charge in [-0.2, -0.15) is 0 Å². The van der Waals surface area contributed by atoms with Crippen molar-refractivity contribution < 1.29 is 24.5 Å². The van der Waals surface area contributed by atoms with Crippen molar-refractivity contribution in [3.05, 3.63) is 57.7 Å². The highest BCUT2D eigenvalue weighted by atomic mass is 35.5. The maximum Gasteiger partial charge on any atom is 0.416 e. The highest BCUT2D eigenvalue weighted by Gasteiger charge is 2.31. The van der Waals surface area contributed by atoms with Gasteiger partial charge in [-0.25, -0.2) is 29.6 Å². The lowest BCUT2D eigenvalue weighted by molar-refractivity contribution is 0.108. The molecule has 0 saturated carbocycles. The number of likely N-dealkylation sites (N-methyl/N-ethyl adjacent to an activating group) is 1. The minimum Gasteiger partial charge on any atom is -0.512 e. The van der Waals surface area contributed by atoms with Gasteiger partial charge in [0, 0.05) is 41.7 Å². The normalized spacial score (nSPS) is 15.7. The van der Waals surface area contributed by atoms with E-state index in [0.717, 1.165) is 11.3 Å². The van der Waals surface area contributed by atoms with Crippen LogP contribution in [0.25, 0.3) is 17.0 Å². The molecule has 0 unspecified atom stereocenters. The van der Waals surface area contributed by atoms with E-state index in [9.17, 15) is 15.0 Å². The van der Waals surface area contributed by atoms with Crippen LogP contribution in [0.5, 0.6) is 5.75 Å². The van der Waals surface area contributed by atoms with Crippen LogP contribution in [0.2, 0.25) is 5.02 Å². The van der Waals surface area contributed by atoms with Crippen molar-refractivity contribution in [2.24, 2.45) is 0 Å². The Labute approximate surface area is 253 Å². The highest BCUT2D eigenvalue weighted by molar-refractivity contribution is 6.33. The Balaban J connectivity index is 1.56. The van der Waals surface area contributed by atoms with Gasteiger partial charge in [-0.05, 0) is 46.0 Å². The molecule has 2 aliphatic heterocycles. The summed E-state index contributed by atoms with van der Waals surface area (Å²) < 4.78 is 10.8. The zero-order valence-electron chi connectivity index (χ0n) is 24.3. The number of nitrogens with zero attached hydrogens (tertiary/aromatic N) is 6. The summed E-state index contributed by atoms with van der Waals surface area (Å²) in [6.07, 6.45) is 0.522. The van der Waals surface area contributed by atoms with Gasteiger partial charge >= 0.3 is 6.09 Å². The summed E-state index contributed by atoms with van der Waals surface area (Å²) in [7, 11) is 1.74. The first-order valence-corrected chi connectivity index (χ1v) is 14.1. The van der Waals surface area contributed by atoms with E-state index in [1.807, 2.05) is 11.8 Å². The summed E-state index contributed by atoms with van der Waals surface area (Å²) >= 11 is 6.64. The Morgan fingerprint density at radius 1 is 1.26 bits per heavy atom. The fourth-order valence-electron chi connectivity index (χ4n) is 5.05. The third kappa shape index (κ3) is 6.24. The van der Waals surface area contributed by atoms with Crippen LogP contribution in [-0.4, -0.2) is 81.4 Å². The summed E-state index contributed by atoms with van der Waals surface area (Å²) in [6.45, 7) is 6.87. The van der Waals surface area contributed by atoms with Crippen molar-refractivity contribution in [3.63, 3.8) is 0 Å². The van der Waals surface area contributed by atoms with Crippen molar-refractivity contribution >= 4 is 40.7 Å². The molecule has 5 rings (SSSR count). The van der Waals surface area contributed by atoms with Gasteiger partial charge in [0.05, 0.1) is 35.1 Å². The van der Waals surface area contributed by atoms with E-state index in [0.29, 0.717) is 59.6 Å². The van der Waals surface area contributed by atoms with Crippen molar-refractivity contribution in [1.82, 2.24) is 25.3 Å². The number of cyclic esters (lactones) is 1. The van der Waals surface area contributed by atoms with E-state index in [-0.39, 0.29) is 42.0 Å². The minimum atomic E-state index is -0.703. The van der Waals surface area contributed by atoms with E-state index in [1.165, 1.54) is 11.8 Å². The van der Waals surface area contributed by atoms with Gasteiger partial charge in [0.1, 0.15) is 36.6 Å². The second-order valence-corrected chi connectivity index (χ2v) is 10.8. The van der Waals surface area contributed by atoms with E-state index in [1.54, 1.807) is 38.4 Å². The number of hydrogen-bond donors (Lipinski definition) is 4. The molecule has 0 radical (unpaired) electrons. The molecule has 0 spiro atoms. The average Bonchev–Trinajstić information content (AvgIpc) is 3.59. The van der Waals surface area contributed by atoms with Crippen LogP contribution in [-0.2, 0) is 17.8 Å². The Morgan fingerprint density at radius 3 is 2.72 bits per heavy atom. The highest BCUT2D eigenvalue weighted by Crippen LogP contribution is 2.37. The third-order valence-corrected chi connectivity index (χ3v) is 7.43. The van der Waals surface area contributed by atoms with E-state index in [4.69, 9.17) is 36.5 Å². The minimum absolute atomic E-state index is 0.0504. The number of benzene rings is 1. The van der Waals surface area contributed by atoms with Gasteiger partial charge in [-0.3, -0.25) is 0 Å². The number of aromatic nitrogens is 4. The first-order valence-electron chi connectivity index (χ1n) is 13.7. The Kier molecular flexibility index (Phi) is 8.76. The van der Waals surface area contributed by atoms with E-state index >= 15 is 0 Å². The maximum absolute atomic E-state index is 12.1. The van der Waals surface area contributed by atoms with Crippen LogP contribution in [0.3, 0.4) is 0 Å². The van der Waals surface area contributed by atoms with Gasteiger partial charge in [0.25, 0.3) is 0 Å². The topological polar surface area (TPSA) is 170 Å².